The number of aryl methyl sites for hydroxylation is 4. The number of rotatable bonds is 14. The smallest absolute Gasteiger partial charge is 0.353 e. The molecule has 6 aliphatic rings. The standard InChI is InChI=1S/C25H33FN4O3.C25H31FN4O3/c2*26-22-6-2-1-5-18(22)9-8-17-13-19-10-11-20(14-17)29(19)15-21(31)16-30-24(32)27-23-7-3-4-12-28(23)25(30)33/h1-2,5-6,17,19-21,31H,3-4,7-16H2;1-2,5-6,17,19-20H,3-4,7-16H2. The van der Waals surface area contributed by atoms with Crippen LogP contribution in [0, 0.1) is 23.5 Å². The topological polar surface area (TPSA) is 158 Å². The first-order valence-corrected chi connectivity index (χ1v) is 24.6. The Kier molecular flexibility index (Phi) is 14.4. The van der Waals surface area contributed by atoms with Gasteiger partial charge in [0.15, 0.2) is 5.78 Å². The summed E-state index contributed by atoms with van der Waals surface area (Å²) in [6.45, 7) is 1.64. The van der Waals surface area contributed by atoms with E-state index in [2.05, 4.69) is 19.8 Å². The molecule has 0 aliphatic carbocycles. The summed E-state index contributed by atoms with van der Waals surface area (Å²) < 4.78 is 33.1. The molecule has 0 spiro atoms. The van der Waals surface area contributed by atoms with Gasteiger partial charge in [0.05, 0.1) is 25.7 Å². The molecule has 0 radical (unpaired) electrons. The summed E-state index contributed by atoms with van der Waals surface area (Å²) >= 11 is 0. The first-order chi connectivity index (χ1) is 32.0. The molecule has 354 valence electrons. The van der Waals surface area contributed by atoms with Crippen molar-refractivity contribution in [2.45, 2.75) is 172 Å². The summed E-state index contributed by atoms with van der Waals surface area (Å²) in [5.74, 6) is 1.83. The average molecular weight is 911 g/mol. The van der Waals surface area contributed by atoms with E-state index in [9.17, 15) is 37.9 Å². The zero-order valence-corrected chi connectivity index (χ0v) is 38.0. The number of aromatic nitrogens is 6. The van der Waals surface area contributed by atoms with Crippen LogP contribution < -0.4 is 22.8 Å². The Morgan fingerprint density at radius 1 is 0.606 bits per heavy atom. The lowest BCUT2D eigenvalue weighted by Gasteiger charge is -2.40. The monoisotopic (exact) mass is 910 g/mol. The van der Waals surface area contributed by atoms with Crippen molar-refractivity contribution in [3.05, 3.63) is 125 Å². The normalized spacial score (nSPS) is 25.1. The number of hydrogen-bond acceptors (Lipinski definition) is 10. The summed E-state index contributed by atoms with van der Waals surface area (Å²) in [4.78, 5) is 76.0. The van der Waals surface area contributed by atoms with Crippen molar-refractivity contribution in [1.82, 2.24) is 38.0 Å². The van der Waals surface area contributed by atoms with Crippen molar-refractivity contribution >= 4 is 5.78 Å². The summed E-state index contributed by atoms with van der Waals surface area (Å²) in [5.41, 5.74) is -0.360. The highest BCUT2D eigenvalue weighted by atomic mass is 19.1. The van der Waals surface area contributed by atoms with Crippen LogP contribution in [0.2, 0.25) is 0 Å². The molecule has 4 fully saturated rings. The number of ketones is 1. The number of aliphatic hydroxyl groups excluding tert-OH is 1. The van der Waals surface area contributed by atoms with E-state index in [1.807, 2.05) is 24.3 Å². The van der Waals surface area contributed by atoms with E-state index in [1.165, 1.54) is 12.1 Å². The molecule has 14 nitrogen and oxygen atoms in total. The Morgan fingerprint density at radius 2 is 1.06 bits per heavy atom. The van der Waals surface area contributed by atoms with Gasteiger partial charge in [0.2, 0.25) is 0 Å². The largest absolute Gasteiger partial charge is 0.390 e. The summed E-state index contributed by atoms with van der Waals surface area (Å²) in [7, 11) is 0. The van der Waals surface area contributed by atoms with Crippen molar-refractivity contribution in [3.63, 3.8) is 0 Å². The summed E-state index contributed by atoms with van der Waals surface area (Å²) in [6, 6.07) is 15.5. The Labute approximate surface area is 383 Å². The van der Waals surface area contributed by atoms with Crippen LogP contribution in [0.5, 0.6) is 0 Å². The third-order valence-electron chi connectivity index (χ3n) is 15.6. The van der Waals surface area contributed by atoms with Gasteiger partial charge in [0.25, 0.3) is 0 Å². The quantitative estimate of drug-likeness (QED) is 0.192. The fourth-order valence-corrected chi connectivity index (χ4v) is 12.2. The van der Waals surface area contributed by atoms with Gasteiger partial charge in [-0.15, -0.1) is 0 Å². The molecule has 6 aliphatic heterocycles. The molecule has 5 unspecified atom stereocenters. The molecule has 66 heavy (non-hydrogen) atoms. The molecule has 10 rings (SSSR count). The van der Waals surface area contributed by atoms with Crippen molar-refractivity contribution in [2.24, 2.45) is 11.8 Å². The Bertz CT molecular complexity index is 2600. The lowest BCUT2D eigenvalue weighted by Crippen LogP contribution is -2.50. The fourth-order valence-electron chi connectivity index (χ4n) is 12.2. The first-order valence-electron chi connectivity index (χ1n) is 24.6. The second-order valence-electron chi connectivity index (χ2n) is 19.9. The molecular formula is C50H64F2N8O6. The maximum atomic E-state index is 14.0. The van der Waals surface area contributed by atoms with E-state index in [1.54, 1.807) is 21.3 Å². The zero-order chi connectivity index (χ0) is 45.9. The number of nitrogens with zero attached hydrogens (tertiary/aromatic N) is 8. The van der Waals surface area contributed by atoms with E-state index < -0.39 is 23.2 Å². The lowest BCUT2D eigenvalue weighted by atomic mass is 9.86. The van der Waals surface area contributed by atoms with Gasteiger partial charge < -0.3 is 5.11 Å². The van der Waals surface area contributed by atoms with Gasteiger partial charge in [0.1, 0.15) is 23.3 Å². The maximum absolute atomic E-state index is 14.0. The molecule has 0 amide bonds. The number of Topliss-reactive ketones (excluding diaryl/α,β-unsaturated/α-hetero) is 1. The number of piperidine rings is 2. The van der Waals surface area contributed by atoms with Gasteiger partial charge in [-0.05, 0) is 138 Å². The minimum Gasteiger partial charge on any atom is -0.390 e. The second kappa shape index (κ2) is 20.5. The highest BCUT2D eigenvalue weighted by Crippen LogP contribution is 2.41. The molecule has 0 saturated carbocycles. The average Bonchev–Trinajstić information content (AvgIpc) is 3.66. The van der Waals surface area contributed by atoms with Gasteiger partial charge in [0, 0.05) is 56.6 Å². The number of carbonyl (C=O) groups is 1. The van der Waals surface area contributed by atoms with E-state index in [0.29, 0.717) is 80.1 Å². The van der Waals surface area contributed by atoms with E-state index >= 15 is 0 Å². The molecule has 4 saturated heterocycles. The van der Waals surface area contributed by atoms with Crippen molar-refractivity contribution in [3.8, 4) is 0 Å². The first kappa shape index (κ1) is 46.2. The van der Waals surface area contributed by atoms with Gasteiger partial charge >= 0.3 is 22.8 Å². The molecule has 1 N–H and O–H groups in total. The maximum Gasteiger partial charge on any atom is 0.353 e. The molecular weight excluding hydrogens is 847 g/mol. The van der Waals surface area contributed by atoms with Crippen LogP contribution in [-0.2, 0) is 56.7 Å². The van der Waals surface area contributed by atoms with Crippen molar-refractivity contribution in [1.29, 1.82) is 0 Å². The van der Waals surface area contributed by atoms with Gasteiger partial charge in [-0.25, -0.2) is 37.1 Å². The highest BCUT2D eigenvalue weighted by molar-refractivity contribution is 5.80. The highest BCUT2D eigenvalue weighted by Gasteiger charge is 2.42. The summed E-state index contributed by atoms with van der Waals surface area (Å²) in [6.07, 6.45) is 16.1. The predicted molar refractivity (Wildman–Crippen MR) is 244 cm³/mol. The fraction of sp³-hybridized carbons (Fsp3) is 0.620. The second-order valence-corrected chi connectivity index (χ2v) is 19.9. The zero-order valence-electron chi connectivity index (χ0n) is 38.0. The van der Waals surface area contributed by atoms with Gasteiger partial charge in [-0.3, -0.25) is 23.7 Å². The van der Waals surface area contributed by atoms with Gasteiger partial charge in [-0.2, -0.15) is 9.97 Å². The van der Waals surface area contributed by atoms with Crippen LogP contribution in [0.3, 0.4) is 0 Å². The van der Waals surface area contributed by atoms with Crippen LogP contribution >= 0.6 is 0 Å². The number of halogens is 2. The minimum absolute atomic E-state index is 0.0163. The number of carbonyl (C=O) groups excluding carboxylic acids is 1. The molecule has 16 heteroatoms. The van der Waals surface area contributed by atoms with Crippen LogP contribution in [0.4, 0.5) is 8.78 Å². The number of aliphatic hydroxyl groups is 1. The minimum atomic E-state index is -0.794. The SMILES string of the molecule is O=C(CN1C2CCC1CC(CCc1ccccc1F)C2)Cn1c(=O)nc2n(c1=O)CCCC2.O=c1nc2n(c(=O)n1CC(O)CN1C3CCC1CC(CCc1ccccc1F)C3)CCCC2. The van der Waals surface area contributed by atoms with Crippen molar-refractivity contribution in [2.75, 3.05) is 13.1 Å². The molecule has 5 atom stereocenters. The van der Waals surface area contributed by atoms with Gasteiger partial charge in [-0.1, -0.05) is 36.4 Å². The Hall–Kier alpha value is -4.93. The van der Waals surface area contributed by atoms with Crippen LogP contribution in [0.25, 0.3) is 0 Å². The van der Waals surface area contributed by atoms with E-state index in [-0.39, 0.29) is 42.7 Å². The molecule has 4 bridgehead atoms. The molecule has 8 heterocycles. The third-order valence-corrected chi connectivity index (χ3v) is 15.6. The van der Waals surface area contributed by atoms with Crippen LogP contribution in [-0.4, -0.2) is 92.3 Å². The summed E-state index contributed by atoms with van der Waals surface area (Å²) in [5, 5.41) is 10.8. The Balaban J connectivity index is 0.000000166. The Morgan fingerprint density at radius 3 is 1.56 bits per heavy atom. The molecule has 2 aromatic heterocycles. The number of fused-ring (bicyclic) bond motifs is 6. The van der Waals surface area contributed by atoms with E-state index in [4.69, 9.17) is 0 Å². The number of hydrogen-bond donors (Lipinski definition) is 1. The van der Waals surface area contributed by atoms with E-state index in [0.717, 1.165) is 123 Å². The molecule has 2 aromatic carbocycles. The van der Waals surface area contributed by atoms with Crippen molar-refractivity contribution < 1.29 is 18.7 Å². The predicted octanol–water partition coefficient (Wildman–Crippen LogP) is 4.44. The lowest BCUT2D eigenvalue weighted by molar-refractivity contribution is -0.122. The molecule has 4 aromatic rings. The van der Waals surface area contributed by atoms with Crippen LogP contribution in [0.15, 0.2) is 67.7 Å². The number of benzene rings is 2. The third kappa shape index (κ3) is 10.3. The van der Waals surface area contributed by atoms with Crippen LogP contribution in [0.1, 0.15) is 113 Å².